The molecule has 0 spiro atoms. The fraction of sp³-hybridized carbons (Fsp3) is 0.417. The van der Waals surface area contributed by atoms with Crippen LogP contribution in [0.25, 0.3) is 0 Å². The number of amides is 1. The Balaban J connectivity index is 2.81. The maximum absolute atomic E-state index is 12.0. The third kappa shape index (κ3) is 4.62. The third-order valence-corrected chi connectivity index (χ3v) is 4.49. The summed E-state index contributed by atoms with van der Waals surface area (Å²) in [4.78, 5) is 11.0. The minimum Gasteiger partial charge on any atom is -0.289 e. The van der Waals surface area contributed by atoms with Crippen molar-refractivity contribution in [1.82, 2.24) is 9.79 Å². The highest BCUT2D eigenvalue weighted by Gasteiger charge is 2.20. The van der Waals surface area contributed by atoms with Crippen LogP contribution in [0, 0.1) is 0 Å². The van der Waals surface area contributed by atoms with Gasteiger partial charge in [0.05, 0.1) is 12.3 Å². The van der Waals surface area contributed by atoms with Gasteiger partial charge in [-0.15, -0.1) is 0 Å². The molecule has 0 aliphatic rings. The lowest BCUT2D eigenvalue weighted by atomic mass is 10.1. The number of nitrogens with one attached hydrogen (secondary N) is 1. The summed E-state index contributed by atoms with van der Waals surface area (Å²) in [6, 6.07) is 7.30. The molecule has 6 nitrogen and oxygen atoms in total. The first-order valence-corrected chi connectivity index (χ1v) is 7.44. The maximum Gasteiger partial charge on any atom is 0.258 e. The topological polar surface area (TPSA) is 86.7 Å². The molecule has 1 aromatic carbocycles. The van der Waals surface area contributed by atoms with Crippen molar-refractivity contribution in [2.45, 2.75) is 19.1 Å². The van der Waals surface area contributed by atoms with E-state index in [4.69, 9.17) is 5.21 Å². The Labute approximate surface area is 113 Å². The van der Waals surface area contributed by atoms with Crippen molar-refractivity contribution in [2.24, 2.45) is 0 Å². The van der Waals surface area contributed by atoms with Crippen molar-refractivity contribution in [3.8, 4) is 0 Å². The number of hydrogen-bond donors (Lipinski definition) is 2. The zero-order valence-electron chi connectivity index (χ0n) is 11.0. The van der Waals surface area contributed by atoms with Gasteiger partial charge >= 0.3 is 0 Å². The molecule has 0 aliphatic carbocycles. The summed E-state index contributed by atoms with van der Waals surface area (Å²) < 4.78 is 24.9. The lowest BCUT2D eigenvalue weighted by Crippen LogP contribution is -2.37. The van der Waals surface area contributed by atoms with Crippen LogP contribution < -0.4 is 5.48 Å². The number of carbonyl (C=O) groups excluding carboxylic acids is 1. The minimum atomic E-state index is -3.58. The van der Waals surface area contributed by atoms with Crippen molar-refractivity contribution in [3.05, 3.63) is 35.4 Å². The molecule has 19 heavy (non-hydrogen) atoms. The molecule has 0 aromatic heterocycles. The van der Waals surface area contributed by atoms with Gasteiger partial charge < -0.3 is 0 Å². The lowest BCUT2D eigenvalue weighted by molar-refractivity contribution is -0.129. The van der Waals surface area contributed by atoms with Gasteiger partial charge in [-0.3, -0.25) is 10.0 Å². The highest BCUT2D eigenvalue weighted by atomic mass is 32.2. The fourth-order valence-electron chi connectivity index (χ4n) is 1.60. The van der Waals surface area contributed by atoms with Gasteiger partial charge in [0, 0.05) is 7.05 Å². The monoisotopic (exact) mass is 286 g/mol. The largest absolute Gasteiger partial charge is 0.289 e. The molecule has 2 N–H and O–H groups in total. The molecule has 0 saturated carbocycles. The van der Waals surface area contributed by atoms with E-state index in [2.05, 4.69) is 0 Å². The van der Waals surface area contributed by atoms with Crippen LogP contribution in [0.2, 0.25) is 0 Å². The molecule has 7 heteroatoms. The van der Waals surface area contributed by atoms with Gasteiger partial charge in [0.1, 0.15) is 0 Å². The van der Waals surface area contributed by atoms with Crippen molar-refractivity contribution in [1.29, 1.82) is 0 Å². The van der Waals surface area contributed by atoms with Crippen LogP contribution >= 0.6 is 0 Å². The van der Waals surface area contributed by atoms with E-state index in [1.54, 1.807) is 6.07 Å². The van der Waals surface area contributed by atoms with Gasteiger partial charge in [0.15, 0.2) is 0 Å². The SMILES string of the molecule is CCc1cccc(CS(=O)(=O)N(C)CC(=O)NO)c1. The highest BCUT2D eigenvalue weighted by molar-refractivity contribution is 7.88. The molecule has 1 amide bonds. The Morgan fingerprint density at radius 1 is 1.37 bits per heavy atom. The molecule has 0 heterocycles. The zero-order chi connectivity index (χ0) is 14.5. The quantitative estimate of drug-likeness (QED) is 0.589. The van der Waals surface area contributed by atoms with Crippen molar-refractivity contribution >= 4 is 15.9 Å². The minimum absolute atomic E-state index is 0.171. The number of benzene rings is 1. The molecular weight excluding hydrogens is 268 g/mol. The zero-order valence-corrected chi connectivity index (χ0v) is 11.8. The van der Waals surface area contributed by atoms with Crippen LogP contribution in [0.3, 0.4) is 0 Å². The van der Waals surface area contributed by atoms with E-state index < -0.39 is 22.5 Å². The van der Waals surface area contributed by atoms with Crippen LogP contribution in [0.5, 0.6) is 0 Å². The van der Waals surface area contributed by atoms with E-state index in [-0.39, 0.29) is 5.75 Å². The van der Waals surface area contributed by atoms with Crippen molar-refractivity contribution < 1.29 is 18.4 Å². The summed E-state index contributed by atoms with van der Waals surface area (Å²) >= 11 is 0. The predicted octanol–water partition coefficient (Wildman–Crippen LogP) is 0.516. The molecule has 0 aliphatic heterocycles. The third-order valence-electron chi connectivity index (χ3n) is 2.71. The number of nitrogens with zero attached hydrogens (tertiary/aromatic N) is 1. The van der Waals surface area contributed by atoms with E-state index in [0.29, 0.717) is 5.56 Å². The number of hydroxylamine groups is 1. The van der Waals surface area contributed by atoms with Gasteiger partial charge in [-0.25, -0.2) is 13.9 Å². The molecule has 1 aromatic rings. The number of sulfonamides is 1. The van der Waals surface area contributed by atoms with Gasteiger partial charge in [-0.1, -0.05) is 31.2 Å². The molecule has 0 saturated heterocycles. The summed E-state index contributed by atoms with van der Waals surface area (Å²) in [5.74, 6) is -0.941. The van der Waals surface area contributed by atoms with Crippen molar-refractivity contribution in [3.63, 3.8) is 0 Å². The Hall–Kier alpha value is -1.44. The van der Waals surface area contributed by atoms with Gasteiger partial charge in [-0.2, -0.15) is 4.31 Å². The summed E-state index contributed by atoms with van der Waals surface area (Å²) in [6.07, 6.45) is 0.830. The Kier molecular flexibility index (Phi) is 5.46. The first kappa shape index (κ1) is 15.6. The standard InChI is InChI=1S/C12H18N2O4S/c1-3-10-5-4-6-11(7-10)9-19(17,18)14(2)8-12(15)13-16/h4-7,16H,3,8-9H2,1-2H3,(H,13,15). The number of carbonyl (C=O) groups is 1. The van der Waals surface area contributed by atoms with Gasteiger partial charge in [0.25, 0.3) is 5.91 Å². The molecular formula is C12H18N2O4S. The van der Waals surface area contributed by atoms with E-state index in [9.17, 15) is 13.2 Å². The van der Waals surface area contributed by atoms with E-state index >= 15 is 0 Å². The second-order valence-corrected chi connectivity index (χ2v) is 6.30. The highest BCUT2D eigenvalue weighted by Crippen LogP contribution is 2.12. The second-order valence-electron chi connectivity index (χ2n) is 4.22. The summed E-state index contributed by atoms with van der Waals surface area (Å²) in [7, 11) is -2.28. The summed E-state index contributed by atoms with van der Waals surface area (Å²) in [5, 5.41) is 8.39. The number of likely N-dealkylation sites (N-methyl/N-ethyl adjacent to an activating group) is 1. The van der Waals surface area contributed by atoms with Gasteiger partial charge in [-0.05, 0) is 17.5 Å². The summed E-state index contributed by atoms with van der Waals surface area (Å²) in [5.41, 5.74) is 3.14. The molecule has 1 rings (SSSR count). The second kappa shape index (κ2) is 6.65. The Morgan fingerprint density at radius 3 is 2.58 bits per heavy atom. The Bertz CT molecular complexity index is 542. The normalized spacial score (nSPS) is 11.6. The predicted molar refractivity (Wildman–Crippen MR) is 71.0 cm³/mol. The summed E-state index contributed by atoms with van der Waals surface area (Å²) in [6.45, 7) is 1.58. The molecule has 0 atom stereocenters. The van der Waals surface area contributed by atoms with Crippen molar-refractivity contribution in [2.75, 3.05) is 13.6 Å². The van der Waals surface area contributed by atoms with Crippen LogP contribution in [0.4, 0.5) is 0 Å². The smallest absolute Gasteiger partial charge is 0.258 e. The number of hydrogen-bond acceptors (Lipinski definition) is 4. The lowest BCUT2D eigenvalue weighted by Gasteiger charge is -2.16. The average Bonchev–Trinajstić information content (AvgIpc) is 2.38. The van der Waals surface area contributed by atoms with Crippen LogP contribution in [0.15, 0.2) is 24.3 Å². The van der Waals surface area contributed by atoms with E-state index in [1.807, 2.05) is 25.1 Å². The van der Waals surface area contributed by atoms with Crippen LogP contribution in [0.1, 0.15) is 18.1 Å². The molecule has 0 bridgehead atoms. The van der Waals surface area contributed by atoms with Crippen LogP contribution in [-0.4, -0.2) is 37.4 Å². The fourth-order valence-corrected chi connectivity index (χ4v) is 2.73. The molecule has 106 valence electrons. The average molecular weight is 286 g/mol. The Morgan fingerprint density at radius 2 is 2.00 bits per heavy atom. The molecule has 0 radical (unpaired) electrons. The maximum atomic E-state index is 12.0. The molecule has 0 fully saturated rings. The first-order chi connectivity index (χ1) is 8.89. The number of rotatable bonds is 6. The van der Waals surface area contributed by atoms with Crippen LogP contribution in [-0.2, 0) is 27.0 Å². The van der Waals surface area contributed by atoms with Gasteiger partial charge in [0.2, 0.25) is 10.0 Å². The number of aryl methyl sites for hydroxylation is 1. The first-order valence-electron chi connectivity index (χ1n) is 5.83. The van der Waals surface area contributed by atoms with E-state index in [1.165, 1.54) is 12.5 Å². The molecule has 0 unspecified atom stereocenters. The van der Waals surface area contributed by atoms with E-state index in [0.717, 1.165) is 16.3 Å².